The zero-order valence-corrected chi connectivity index (χ0v) is 14.3. The van der Waals surface area contributed by atoms with E-state index in [1.165, 1.54) is 25.8 Å². The molecule has 0 heterocycles. The molecule has 1 aliphatic rings. The Morgan fingerprint density at radius 2 is 1.79 bits per heavy atom. The average Bonchev–Trinajstić information content (AvgIpc) is 2.33. The Hall–Kier alpha value is -0.0800. The van der Waals surface area contributed by atoms with Crippen LogP contribution in [0.25, 0.3) is 0 Å². The van der Waals surface area contributed by atoms with Crippen molar-refractivity contribution < 1.29 is 0 Å². The van der Waals surface area contributed by atoms with Gasteiger partial charge in [0, 0.05) is 18.1 Å². The van der Waals surface area contributed by atoms with Gasteiger partial charge in [0.15, 0.2) is 0 Å². The molecule has 2 nitrogen and oxygen atoms in total. The fourth-order valence-corrected chi connectivity index (χ4v) is 3.55. The molecule has 0 spiro atoms. The van der Waals surface area contributed by atoms with Crippen LogP contribution in [0.15, 0.2) is 0 Å². The van der Waals surface area contributed by atoms with Gasteiger partial charge in [0.2, 0.25) is 0 Å². The molecule has 1 fully saturated rings. The first-order valence-electron chi connectivity index (χ1n) is 8.26. The Balaban J connectivity index is 2.71. The molecular formula is C17H36N2. The third-order valence-corrected chi connectivity index (χ3v) is 5.53. The van der Waals surface area contributed by atoms with Crippen molar-refractivity contribution in [2.45, 2.75) is 72.4 Å². The van der Waals surface area contributed by atoms with Crippen LogP contribution in [0.4, 0.5) is 0 Å². The molecule has 0 saturated heterocycles. The van der Waals surface area contributed by atoms with Crippen molar-refractivity contribution >= 4 is 0 Å². The first-order chi connectivity index (χ1) is 8.81. The van der Waals surface area contributed by atoms with E-state index in [-0.39, 0.29) is 0 Å². The van der Waals surface area contributed by atoms with E-state index in [2.05, 4.69) is 58.8 Å². The van der Waals surface area contributed by atoms with Gasteiger partial charge in [-0.05, 0) is 64.5 Å². The Bertz CT molecular complexity index is 262. The molecule has 0 aliphatic heterocycles. The van der Waals surface area contributed by atoms with E-state index < -0.39 is 0 Å². The van der Waals surface area contributed by atoms with Gasteiger partial charge in [-0.3, -0.25) is 0 Å². The van der Waals surface area contributed by atoms with Gasteiger partial charge in [-0.15, -0.1) is 0 Å². The third kappa shape index (κ3) is 4.46. The molecule has 2 heteroatoms. The fraction of sp³-hybridized carbons (Fsp3) is 1.00. The normalized spacial score (nSPS) is 32.8. The Morgan fingerprint density at radius 1 is 1.16 bits per heavy atom. The van der Waals surface area contributed by atoms with Crippen LogP contribution in [-0.4, -0.2) is 36.6 Å². The fourth-order valence-electron chi connectivity index (χ4n) is 3.55. The summed E-state index contributed by atoms with van der Waals surface area (Å²) < 4.78 is 0. The summed E-state index contributed by atoms with van der Waals surface area (Å²) in [5, 5.41) is 3.74. The summed E-state index contributed by atoms with van der Waals surface area (Å²) in [6.07, 6.45) is 3.96. The van der Waals surface area contributed by atoms with Crippen LogP contribution in [-0.2, 0) is 0 Å². The average molecular weight is 268 g/mol. The Morgan fingerprint density at radius 3 is 2.32 bits per heavy atom. The zero-order chi connectivity index (χ0) is 14.6. The molecule has 1 N–H and O–H groups in total. The summed E-state index contributed by atoms with van der Waals surface area (Å²) in [5.41, 5.74) is 0.319. The lowest BCUT2D eigenvalue weighted by molar-refractivity contribution is 0.0647. The predicted molar refractivity (Wildman–Crippen MR) is 85.5 cm³/mol. The van der Waals surface area contributed by atoms with Crippen molar-refractivity contribution in [2.75, 3.05) is 20.1 Å². The second-order valence-electron chi connectivity index (χ2n) is 7.43. The highest BCUT2D eigenvalue weighted by Crippen LogP contribution is 2.35. The maximum Gasteiger partial charge on any atom is 0.0147 e. The highest BCUT2D eigenvalue weighted by Gasteiger charge is 2.35. The van der Waals surface area contributed by atoms with Crippen LogP contribution in [0.2, 0.25) is 0 Å². The van der Waals surface area contributed by atoms with E-state index in [9.17, 15) is 0 Å². The summed E-state index contributed by atoms with van der Waals surface area (Å²) in [6, 6.07) is 0.707. The van der Waals surface area contributed by atoms with Gasteiger partial charge in [-0.2, -0.15) is 0 Å². The topological polar surface area (TPSA) is 15.3 Å². The zero-order valence-electron chi connectivity index (χ0n) is 14.3. The summed E-state index contributed by atoms with van der Waals surface area (Å²) in [6.45, 7) is 16.5. The molecule has 4 atom stereocenters. The van der Waals surface area contributed by atoms with Crippen LogP contribution >= 0.6 is 0 Å². The van der Waals surface area contributed by atoms with E-state index in [4.69, 9.17) is 0 Å². The van der Waals surface area contributed by atoms with Crippen molar-refractivity contribution in [2.24, 2.45) is 17.8 Å². The van der Waals surface area contributed by atoms with Crippen LogP contribution in [0.1, 0.15) is 60.8 Å². The maximum atomic E-state index is 3.74. The Labute approximate surface area is 121 Å². The summed E-state index contributed by atoms with van der Waals surface area (Å²) in [4.78, 5) is 2.58. The highest BCUT2D eigenvalue weighted by atomic mass is 15.2. The quantitative estimate of drug-likeness (QED) is 0.789. The number of hydrogen-bond acceptors (Lipinski definition) is 2. The molecule has 19 heavy (non-hydrogen) atoms. The van der Waals surface area contributed by atoms with Gasteiger partial charge in [0.1, 0.15) is 0 Å². The first kappa shape index (κ1) is 17.0. The summed E-state index contributed by atoms with van der Waals surface area (Å²) in [7, 11) is 2.30. The minimum Gasteiger partial charge on any atom is -0.314 e. The summed E-state index contributed by atoms with van der Waals surface area (Å²) in [5.74, 6) is 2.51. The van der Waals surface area contributed by atoms with E-state index in [1.54, 1.807) is 0 Å². The van der Waals surface area contributed by atoms with Crippen molar-refractivity contribution in [3.05, 3.63) is 0 Å². The molecule has 0 radical (unpaired) electrons. The smallest absolute Gasteiger partial charge is 0.0147 e. The second kappa shape index (κ2) is 7.08. The minimum atomic E-state index is 0.319. The SMILES string of the molecule is CCNC1CC(C)CC(C)C1CN(C)C(C)(C)CC. The van der Waals surface area contributed by atoms with Gasteiger partial charge in [0.25, 0.3) is 0 Å². The molecule has 0 aromatic rings. The second-order valence-corrected chi connectivity index (χ2v) is 7.43. The molecule has 114 valence electrons. The van der Waals surface area contributed by atoms with Crippen LogP contribution in [0.3, 0.4) is 0 Å². The predicted octanol–water partition coefficient (Wildman–Crippen LogP) is 3.77. The lowest BCUT2D eigenvalue weighted by Gasteiger charge is -2.45. The van der Waals surface area contributed by atoms with E-state index in [0.717, 1.165) is 24.3 Å². The van der Waals surface area contributed by atoms with Crippen LogP contribution in [0, 0.1) is 17.8 Å². The largest absolute Gasteiger partial charge is 0.314 e. The standard InChI is InChI=1S/C17H36N2/c1-8-17(5,6)19(7)12-15-14(4)10-13(3)11-16(15)18-9-2/h13-16,18H,8-12H2,1-7H3. The van der Waals surface area contributed by atoms with Gasteiger partial charge < -0.3 is 10.2 Å². The van der Waals surface area contributed by atoms with E-state index in [1.807, 2.05) is 0 Å². The van der Waals surface area contributed by atoms with Crippen LogP contribution in [0.5, 0.6) is 0 Å². The number of nitrogens with one attached hydrogen (secondary N) is 1. The van der Waals surface area contributed by atoms with Crippen molar-refractivity contribution in [3.63, 3.8) is 0 Å². The molecule has 0 bridgehead atoms. The number of hydrogen-bond donors (Lipinski definition) is 1. The Kier molecular flexibility index (Phi) is 6.32. The van der Waals surface area contributed by atoms with Gasteiger partial charge in [-0.1, -0.05) is 27.7 Å². The highest BCUT2D eigenvalue weighted by molar-refractivity contribution is 4.91. The number of rotatable bonds is 6. The van der Waals surface area contributed by atoms with E-state index in [0.29, 0.717) is 11.6 Å². The van der Waals surface area contributed by atoms with E-state index >= 15 is 0 Å². The molecule has 1 aliphatic carbocycles. The monoisotopic (exact) mass is 268 g/mol. The molecule has 4 unspecified atom stereocenters. The van der Waals surface area contributed by atoms with Gasteiger partial charge in [-0.25, -0.2) is 0 Å². The molecule has 0 aromatic carbocycles. The van der Waals surface area contributed by atoms with Crippen molar-refractivity contribution in [3.8, 4) is 0 Å². The number of nitrogens with zero attached hydrogens (tertiary/aromatic N) is 1. The molecule has 1 saturated carbocycles. The van der Waals surface area contributed by atoms with Gasteiger partial charge in [0.05, 0.1) is 0 Å². The molecule has 0 amide bonds. The van der Waals surface area contributed by atoms with Crippen LogP contribution < -0.4 is 5.32 Å². The molecule has 0 aromatic heterocycles. The third-order valence-electron chi connectivity index (χ3n) is 5.53. The maximum absolute atomic E-state index is 3.74. The van der Waals surface area contributed by atoms with Gasteiger partial charge >= 0.3 is 0 Å². The minimum absolute atomic E-state index is 0.319. The van der Waals surface area contributed by atoms with Crippen molar-refractivity contribution in [1.29, 1.82) is 0 Å². The molecule has 1 rings (SSSR count). The molecular weight excluding hydrogens is 232 g/mol. The summed E-state index contributed by atoms with van der Waals surface area (Å²) >= 11 is 0. The van der Waals surface area contributed by atoms with Crippen molar-refractivity contribution in [1.82, 2.24) is 10.2 Å². The lowest BCUT2D eigenvalue weighted by Crippen LogP contribution is -2.52. The lowest BCUT2D eigenvalue weighted by atomic mass is 9.72. The first-order valence-corrected chi connectivity index (χ1v) is 8.26.